The van der Waals surface area contributed by atoms with Gasteiger partial charge in [0.05, 0.1) is 4.90 Å². The van der Waals surface area contributed by atoms with E-state index < -0.39 is 9.84 Å². The third-order valence-corrected chi connectivity index (χ3v) is 5.36. The molecule has 0 unspecified atom stereocenters. The lowest BCUT2D eigenvalue weighted by molar-refractivity contribution is 0.318. The molecule has 0 saturated heterocycles. The molecule has 0 saturated carbocycles. The van der Waals surface area contributed by atoms with Crippen LogP contribution in [0.4, 0.5) is 0 Å². The van der Waals surface area contributed by atoms with E-state index in [2.05, 4.69) is 15.5 Å². The van der Waals surface area contributed by atoms with Crippen LogP contribution in [0, 0.1) is 0 Å². The second-order valence-corrected chi connectivity index (χ2v) is 7.11. The predicted molar refractivity (Wildman–Crippen MR) is 92.0 cm³/mol. The summed E-state index contributed by atoms with van der Waals surface area (Å²) in [4.78, 5) is 0.231. The lowest BCUT2D eigenvalue weighted by Gasteiger charge is -2.07. The number of aromatic nitrogens is 2. The van der Waals surface area contributed by atoms with Gasteiger partial charge in [0.1, 0.15) is 17.9 Å². The van der Waals surface area contributed by atoms with E-state index in [0.717, 1.165) is 6.54 Å². The van der Waals surface area contributed by atoms with E-state index >= 15 is 0 Å². The topological polar surface area (TPSA) is 84.1 Å². The van der Waals surface area contributed by atoms with E-state index in [1.54, 1.807) is 48.5 Å². The van der Waals surface area contributed by atoms with Gasteiger partial charge in [0.25, 0.3) is 0 Å². The SMILES string of the molecule is CCNCCOc1cccc2c(S(=O)(=O)c3ccccc3)[nH]nc12. The van der Waals surface area contributed by atoms with Gasteiger partial charge in [-0.1, -0.05) is 31.2 Å². The lowest BCUT2D eigenvalue weighted by atomic mass is 10.2. The fourth-order valence-corrected chi connectivity index (χ4v) is 3.81. The zero-order valence-electron chi connectivity index (χ0n) is 13.3. The summed E-state index contributed by atoms with van der Waals surface area (Å²) >= 11 is 0. The highest BCUT2D eigenvalue weighted by Gasteiger charge is 2.23. The Morgan fingerprint density at radius 2 is 1.92 bits per heavy atom. The third-order valence-electron chi connectivity index (χ3n) is 3.62. The number of H-pyrrole nitrogens is 1. The second kappa shape index (κ2) is 7.02. The molecule has 2 N–H and O–H groups in total. The minimum atomic E-state index is -3.65. The summed E-state index contributed by atoms with van der Waals surface area (Å²) < 4.78 is 31.3. The van der Waals surface area contributed by atoms with Crippen molar-refractivity contribution in [2.24, 2.45) is 0 Å². The normalized spacial score (nSPS) is 11.7. The van der Waals surface area contributed by atoms with E-state index in [1.165, 1.54) is 0 Å². The number of nitrogens with one attached hydrogen (secondary N) is 2. The maximum atomic E-state index is 12.8. The summed E-state index contributed by atoms with van der Waals surface area (Å²) in [6, 6.07) is 13.6. The van der Waals surface area contributed by atoms with Crippen molar-refractivity contribution in [2.45, 2.75) is 16.8 Å². The van der Waals surface area contributed by atoms with Crippen LogP contribution in [0.1, 0.15) is 6.92 Å². The summed E-state index contributed by atoms with van der Waals surface area (Å²) in [7, 11) is -3.65. The van der Waals surface area contributed by atoms with Gasteiger partial charge < -0.3 is 10.1 Å². The Balaban J connectivity index is 1.97. The molecule has 0 spiro atoms. The average molecular weight is 345 g/mol. The van der Waals surface area contributed by atoms with Crippen LogP contribution in [-0.4, -0.2) is 38.3 Å². The fourth-order valence-electron chi connectivity index (χ4n) is 2.44. The predicted octanol–water partition coefficient (Wildman–Crippen LogP) is 2.38. The van der Waals surface area contributed by atoms with Crippen LogP contribution in [0.5, 0.6) is 5.75 Å². The molecule has 7 heteroatoms. The average Bonchev–Trinajstić information content (AvgIpc) is 3.05. The number of hydrogen-bond acceptors (Lipinski definition) is 5. The van der Waals surface area contributed by atoms with Crippen molar-refractivity contribution in [3.63, 3.8) is 0 Å². The number of hydrogen-bond donors (Lipinski definition) is 2. The Hall–Kier alpha value is -2.38. The molecule has 0 aliphatic carbocycles. The molecule has 0 aliphatic rings. The molecular weight excluding hydrogens is 326 g/mol. The number of rotatable bonds is 7. The van der Waals surface area contributed by atoms with Crippen molar-refractivity contribution in [1.29, 1.82) is 0 Å². The van der Waals surface area contributed by atoms with Gasteiger partial charge in [0.15, 0.2) is 5.03 Å². The van der Waals surface area contributed by atoms with Gasteiger partial charge in [-0.05, 0) is 30.8 Å². The molecule has 24 heavy (non-hydrogen) atoms. The summed E-state index contributed by atoms with van der Waals surface area (Å²) in [5, 5.41) is 10.6. The molecule has 0 aliphatic heterocycles. The summed E-state index contributed by atoms with van der Waals surface area (Å²) in [6.07, 6.45) is 0. The van der Waals surface area contributed by atoms with Gasteiger partial charge in [0, 0.05) is 11.9 Å². The molecule has 0 fully saturated rings. The molecule has 0 amide bonds. The van der Waals surface area contributed by atoms with Crippen molar-refractivity contribution in [2.75, 3.05) is 19.7 Å². The van der Waals surface area contributed by atoms with E-state index in [4.69, 9.17) is 4.74 Å². The van der Waals surface area contributed by atoms with Crippen LogP contribution in [0.3, 0.4) is 0 Å². The highest BCUT2D eigenvalue weighted by molar-refractivity contribution is 7.91. The first-order chi connectivity index (χ1) is 11.6. The fraction of sp³-hybridized carbons (Fsp3) is 0.235. The molecule has 3 rings (SSSR count). The molecule has 1 aromatic heterocycles. The number of ether oxygens (including phenoxy) is 1. The Morgan fingerprint density at radius 1 is 1.12 bits per heavy atom. The molecule has 126 valence electrons. The van der Waals surface area contributed by atoms with Crippen LogP contribution < -0.4 is 10.1 Å². The highest BCUT2D eigenvalue weighted by Crippen LogP contribution is 2.30. The van der Waals surface area contributed by atoms with Crippen molar-refractivity contribution in [3.05, 3.63) is 48.5 Å². The Labute approximate surface area is 140 Å². The maximum Gasteiger partial charge on any atom is 0.223 e. The molecule has 0 atom stereocenters. The summed E-state index contributed by atoms with van der Waals surface area (Å²) in [6.45, 7) is 4.09. The number of nitrogens with zero attached hydrogens (tertiary/aromatic N) is 1. The standard InChI is InChI=1S/C17H19N3O3S/c1-2-18-11-12-23-15-10-6-9-14-16(15)19-20-17(14)24(21,22)13-7-4-3-5-8-13/h3-10,18H,2,11-12H2,1H3,(H,19,20). The van der Waals surface area contributed by atoms with Crippen molar-refractivity contribution >= 4 is 20.7 Å². The van der Waals surface area contributed by atoms with Crippen molar-refractivity contribution in [1.82, 2.24) is 15.5 Å². The van der Waals surface area contributed by atoms with E-state index in [1.807, 2.05) is 6.92 Å². The zero-order valence-corrected chi connectivity index (χ0v) is 14.1. The summed E-state index contributed by atoms with van der Waals surface area (Å²) in [5.41, 5.74) is 0.517. The van der Waals surface area contributed by atoms with Gasteiger partial charge >= 0.3 is 0 Å². The number of likely N-dealkylation sites (N-methyl/N-ethyl adjacent to an activating group) is 1. The number of sulfone groups is 1. The molecule has 2 aromatic carbocycles. The van der Waals surface area contributed by atoms with Crippen molar-refractivity contribution in [3.8, 4) is 5.75 Å². The molecular formula is C17H19N3O3S. The zero-order chi connectivity index (χ0) is 17.0. The second-order valence-electron chi connectivity index (χ2n) is 5.22. The van der Waals surface area contributed by atoms with Crippen LogP contribution in [0.25, 0.3) is 10.9 Å². The van der Waals surface area contributed by atoms with E-state index in [0.29, 0.717) is 29.8 Å². The van der Waals surface area contributed by atoms with E-state index in [9.17, 15) is 8.42 Å². The molecule has 0 bridgehead atoms. The first kappa shape index (κ1) is 16.5. The molecule has 3 aromatic rings. The smallest absolute Gasteiger partial charge is 0.223 e. The van der Waals surface area contributed by atoms with Gasteiger partial charge in [-0.25, -0.2) is 8.42 Å². The minimum Gasteiger partial charge on any atom is -0.490 e. The lowest BCUT2D eigenvalue weighted by Crippen LogP contribution is -2.20. The van der Waals surface area contributed by atoms with Crippen LogP contribution in [0.2, 0.25) is 0 Å². The number of para-hydroxylation sites is 1. The number of aromatic amines is 1. The Kier molecular flexibility index (Phi) is 4.82. The third kappa shape index (κ3) is 3.13. The largest absolute Gasteiger partial charge is 0.490 e. The van der Waals surface area contributed by atoms with Gasteiger partial charge in [0.2, 0.25) is 9.84 Å². The minimum absolute atomic E-state index is 0.0841. The van der Waals surface area contributed by atoms with Crippen LogP contribution in [-0.2, 0) is 9.84 Å². The van der Waals surface area contributed by atoms with Crippen molar-refractivity contribution < 1.29 is 13.2 Å². The van der Waals surface area contributed by atoms with Gasteiger partial charge in [-0.2, -0.15) is 5.10 Å². The molecule has 6 nitrogen and oxygen atoms in total. The van der Waals surface area contributed by atoms with Gasteiger partial charge in [-0.15, -0.1) is 0 Å². The van der Waals surface area contributed by atoms with Gasteiger partial charge in [-0.3, -0.25) is 5.10 Å². The number of benzene rings is 2. The molecule has 1 heterocycles. The number of fused-ring (bicyclic) bond motifs is 1. The summed E-state index contributed by atoms with van der Waals surface area (Å²) in [5.74, 6) is 0.566. The highest BCUT2D eigenvalue weighted by atomic mass is 32.2. The first-order valence-electron chi connectivity index (χ1n) is 7.75. The Bertz CT molecular complexity index is 921. The Morgan fingerprint density at radius 3 is 2.67 bits per heavy atom. The van der Waals surface area contributed by atoms with Crippen LogP contribution in [0.15, 0.2) is 58.5 Å². The van der Waals surface area contributed by atoms with Crippen LogP contribution >= 0.6 is 0 Å². The van der Waals surface area contributed by atoms with E-state index in [-0.39, 0.29) is 9.92 Å². The maximum absolute atomic E-state index is 12.8. The first-order valence-corrected chi connectivity index (χ1v) is 9.23. The molecule has 0 radical (unpaired) electrons. The monoisotopic (exact) mass is 345 g/mol. The quantitative estimate of drug-likeness (QED) is 0.642.